The molecule has 0 radical (unpaired) electrons. The Labute approximate surface area is 120 Å². The molecule has 3 rings (SSSR count). The summed E-state index contributed by atoms with van der Waals surface area (Å²) in [6, 6.07) is 8.11. The molecule has 108 valence electrons. The number of carbonyl (C=O) groups excluding carboxylic acids is 1. The molecule has 0 atom stereocenters. The van der Waals surface area contributed by atoms with Crippen molar-refractivity contribution in [3.8, 4) is 0 Å². The number of nitrogens with two attached hydrogens (primary N) is 1. The predicted molar refractivity (Wildman–Crippen MR) is 76.1 cm³/mol. The van der Waals surface area contributed by atoms with Crippen LogP contribution >= 0.6 is 0 Å². The number of fused-ring (bicyclic) bond motifs is 1. The molecule has 2 heterocycles. The summed E-state index contributed by atoms with van der Waals surface area (Å²) in [5, 5.41) is 0.818. The number of nitrogen functional groups attached to an aromatic ring is 1. The minimum absolute atomic E-state index is 0.268. The van der Waals surface area contributed by atoms with Crippen molar-refractivity contribution in [2.24, 2.45) is 5.84 Å². The average Bonchev–Trinajstić information content (AvgIpc) is 3.02. The van der Waals surface area contributed by atoms with Gasteiger partial charge in [-0.25, -0.2) is 10.2 Å². The monoisotopic (exact) mass is 287 g/mol. The van der Waals surface area contributed by atoms with Crippen LogP contribution in [-0.4, -0.2) is 10.5 Å². The van der Waals surface area contributed by atoms with Gasteiger partial charge in [0.05, 0.1) is 12.1 Å². The Morgan fingerprint density at radius 1 is 1.38 bits per heavy atom. The number of aryl methyl sites for hydroxylation is 1. The summed E-state index contributed by atoms with van der Waals surface area (Å²) in [6.07, 6.45) is 1.85. The lowest BCUT2D eigenvalue weighted by molar-refractivity contribution is 0.0952. The van der Waals surface area contributed by atoms with Crippen LogP contribution in [-0.2, 0) is 6.54 Å². The van der Waals surface area contributed by atoms with Crippen LogP contribution in [0.25, 0.3) is 10.9 Å². The van der Waals surface area contributed by atoms with Gasteiger partial charge in [0, 0.05) is 17.1 Å². The normalized spacial score (nSPS) is 11.0. The first-order chi connectivity index (χ1) is 10.1. The Bertz CT molecular complexity index is 820. The van der Waals surface area contributed by atoms with Crippen LogP contribution in [0.3, 0.4) is 0 Å². The van der Waals surface area contributed by atoms with E-state index in [9.17, 15) is 9.18 Å². The smallest absolute Gasteiger partial charge is 0.268 e. The summed E-state index contributed by atoms with van der Waals surface area (Å²) in [5.74, 6) is 5.61. The molecule has 0 bridgehead atoms. The van der Waals surface area contributed by atoms with E-state index in [1.54, 1.807) is 19.1 Å². The van der Waals surface area contributed by atoms with E-state index < -0.39 is 0 Å². The fourth-order valence-corrected chi connectivity index (χ4v) is 2.40. The van der Waals surface area contributed by atoms with Crippen molar-refractivity contribution in [2.75, 3.05) is 0 Å². The first kappa shape index (κ1) is 13.4. The largest absolute Gasteiger partial charge is 0.464 e. The molecule has 2 aromatic heterocycles. The number of hydrogen-bond donors (Lipinski definition) is 2. The molecule has 6 heteroatoms. The molecule has 0 aliphatic rings. The number of rotatable bonds is 3. The maximum absolute atomic E-state index is 13.2. The highest BCUT2D eigenvalue weighted by Gasteiger charge is 2.14. The Morgan fingerprint density at radius 2 is 2.19 bits per heavy atom. The molecule has 3 aromatic rings. The number of nitrogens with zero attached hydrogens (tertiary/aromatic N) is 1. The minimum atomic E-state index is -0.387. The lowest BCUT2D eigenvalue weighted by Gasteiger charge is -2.02. The lowest BCUT2D eigenvalue weighted by atomic mass is 10.2. The number of hydrazine groups is 1. The van der Waals surface area contributed by atoms with Gasteiger partial charge in [0.2, 0.25) is 0 Å². The number of benzene rings is 1. The van der Waals surface area contributed by atoms with Crippen LogP contribution in [0.15, 0.2) is 40.9 Å². The Morgan fingerprint density at radius 3 is 2.95 bits per heavy atom. The summed E-state index contributed by atoms with van der Waals surface area (Å²) >= 11 is 0. The second-order valence-electron chi connectivity index (χ2n) is 4.80. The van der Waals surface area contributed by atoms with Crippen molar-refractivity contribution < 1.29 is 13.6 Å². The molecule has 0 spiro atoms. The average molecular weight is 287 g/mol. The van der Waals surface area contributed by atoms with Gasteiger partial charge in [-0.15, -0.1) is 0 Å². The number of halogens is 1. The predicted octanol–water partition coefficient (Wildman–Crippen LogP) is 2.33. The van der Waals surface area contributed by atoms with Gasteiger partial charge in [-0.1, -0.05) is 0 Å². The van der Waals surface area contributed by atoms with E-state index in [-0.39, 0.29) is 11.7 Å². The van der Waals surface area contributed by atoms with Gasteiger partial charge >= 0.3 is 0 Å². The first-order valence-electron chi connectivity index (χ1n) is 6.43. The third-order valence-electron chi connectivity index (χ3n) is 3.40. The lowest BCUT2D eigenvalue weighted by Crippen LogP contribution is -2.30. The zero-order valence-corrected chi connectivity index (χ0v) is 11.4. The molecule has 1 aromatic carbocycles. The van der Waals surface area contributed by atoms with Crippen molar-refractivity contribution in [2.45, 2.75) is 13.5 Å². The zero-order chi connectivity index (χ0) is 15.0. The van der Waals surface area contributed by atoms with Crippen molar-refractivity contribution in [1.29, 1.82) is 0 Å². The van der Waals surface area contributed by atoms with Gasteiger partial charge in [-0.05, 0) is 37.3 Å². The second-order valence-corrected chi connectivity index (χ2v) is 4.80. The molecule has 1 amide bonds. The summed E-state index contributed by atoms with van der Waals surface area (Å²) in [4.78, 5) is 11.6. The third-order valence-corrected chi connectivity index (χ3v) is 3.40. The number of amides is 1. The van der Waals surface area contributed by atoms with Crippen LogP contribution in [0.1, 0.15) is 21.9 Å². The van der Waals surface area contributed by atoms with Gasteiger partial charge in [0.15, 0.2) is 0 Å². The van der Waals surface area contributed by atoms with Crippen molar-refractivity contribution in [1.82, 2.24) is 9.99 Å². The van der Waals surface area contributed by atoms with E-state index in [2.05, 4.69) is 5.43 Å². The molecule has 0 fully saturated rings. The van der Waals surface area contributed by atoms with E-state index in [0.717, 1.165) is 10.9 Å². The summed E-state index contributed by atoms with van der Waals surface area (Å²) in [7, 11) is 0. The summed E-state index contributed by atoms with van der Waals surface area (Å²) in [5.41, 5.74) is 3.39. The van der Waals surface area contributed by atoms with Crippen molar-refractivity contribution in [3.63, 3.8) is 0 Å². The third kappa shape index (κ3) is 2.41. The number of aromatic nitrogens is 1. The Kier molecular flexibility index (Phi) is 3.23. The molecule has 0 saturated heterocycles. The molecule has 0 saturated carbocycles. The topological polar surface area (TPSA) is 73.2 Å². The highest BCUT2D eigenvalue weighted by molar-refractivity contribution is 5.94. The minimum Gasteiger partial charge on any atom is -0.464 e. The van der Waals surface area contributed by atoms with Gasteiger partial charge in [0.25, 0.3) is 5.91 Å². The molecule has 3 N–H and O–H groups in total. The second kappa shape index (κ2) is 5.06. The maximum atomic E-state index is 13.2. The number of nitrogens with one attached hydrogen (secondary N) is 1. The molecular weight excluding hydrogens is 273 g/mol. The fourth-order valence-electron chi connectivity index (χ4n) is 2.40. The van der Waals surface area contributed by atoms with Crippen molar-refractivity contribution in [3.05, 3.63) is 59.4 Å². The van der Waals surface area contributed by atoms with Crippen LogP contribution < -0.4 is 11.3 Å². The molecule has 5 nitrogen and oxygen atoms in total. The Balaban J connectivity index is 1.94. The molecular formula is C15H14FN3O2. The van der Waals surface area contributed by atoms with Crippen LogP contribution in [0.4, 0.5) is 4.39 Å². The van der Waals surface area contributed by atoms with Crippen LogP contribution in [0.5, 0.6) is 0 Å². The molecule has 0 unspecified atom stereocenters. The van der Waals surface area contributed by atoms with Crippen LogP contribution in [0.2, 0.25) is 0 Å². The summed E-state index contributed by atoms with van der Waals surface area (Å²) < 4.78 is 20.7. The van der Waals surface area contributed by atoms with Crippen molar-refractivity contribution >= 4 is 16.8 Å². The zero-order valence-electron chi connectivity index (χ0n) is 11.4. The highest BCUT2D eigenvalue weighted by Crippen LogP contribution is 2.21. The van der Waals surface area contributed by atoms with Gasteiger partial charge in [-0.2, -0.15) is 0 Å². The van der Waals surface area contributed by atoms with E-state index in [4.69, 9.17) is 10.3 Å². The van der Waals surface area contributed by atoms with E-state index >= 15 is 0 Å². The van der Waals surface area contributed by atoms with E-state index in [1.165, 1.54) is 12.1 Å². The molecule has 0 aliphatic heterocycles. The number of carbonyl (C=O) groups is 1. The van der Waals surface area contributed by atoms with Gasteiger partial charge in [0.1, 0.15) is 17.3 Å². The Hall–Kier alpha value is -2.60. The quantitative estimate of drug-likeness (QED) is 0.441. The van der Waals surface area contributed by atoms with E-state index in [1.807, 2.05) is 16.8 Å². The number of furan rings is 1. The SMILES string of the molecule is Cc1oc(Cn2ccc3cc(F)ccc32)cc1C(=O)NN. The van der Waals surface area contributed by atoms with E-state index in [0.29, 0.717) is 23.6 Å². The standard InChI is InChI=1S/C15H14FN3O2/c1-9-13(15(20)18-17)7-12(21-9)8-19-5-4-10-6-11(16)2-3-14(10)19/h2-7H,8,17H2,1H3,(H,18,20). The molecule has 21 heavy (non-hydrogen) atoms. The van der Waals surface area contributed by atoms with Crippen LogP contribution in [0, 0.1) is 12.7 Å². The fraction of sp³-hybridized carbons (Fsp3) is 0.133. The molecule has 0 aliphatic carbocycles. The first-order valence-corrected chi connectivity index (χ1v) is 6.43. The van der Waals surface area contributed by atoms with Gasteiger partial charge < -0.3 is 8.98 Å². The maximum Gasteiger partial charge on any atom is 0.268 e. The summed E-state index contributed by atoms with van der Waals surface area (Å²) in [6.45, 7) is 2.16. The highest BCUT2D eigenvalue weighted by atomic mass is 19.1. The number of hydrogen-bond acceptors (Lipinski definition) is 3. The van der Waals surface area contributed by atoms with Gasteiger partial charge in [-0.3, -0.25) is 10.2 Å².